The summed E-state index contributed by atoms with van der Waals surface area (Å²) in [6, 6.07) is 0. The molecule has 42 heavy (non-hydrogen) atoms. The first-order chi connectivity index (χ1) is 20.4. The molecule has 0 aromatic heterocycles. The van der Waals surface area contributed by atoms with Gasteiger partial charge in [-0.05, 0) is 49.4 Å². The van der Waals surface area contributed by atoms with E-state index in [1.165, 1.54) is 103 Å². The van der Waals surface area contributed by atoms with E-state index in [4.69, 9.17) is 9.47 Å². The van der Waals surface area contributed by atoms with Crippen LogP contribution in [0.5, 0.6) is 0 Å². The van der Waals surface area contributed by atoms with Gasteiger partial charge < -0.3 is 9.47 Å². The Balaban J connectivity index is 4.50. The quantitative estimate of drug-likeness (QED) is 0.0559. The largest absolute Gasteiger partial charge is 0.379 e. The molecule has 0 bridgehead atoms. The molecule has 0 saturated carbocycles. The average Bonchev–Trinajstić information content (AvgIpc) is 2.95. The summed E-state index contributed by atoms with van der Waals surface area (Å²) < 4.78 is 11.9. The van der Waals surface area contributed by atoms with Gasteiger partial charge in [0.25, 0.3) is 0 Å². The smallest absolute Gasteiger partial charge is 0.186 e. The van der Waals surface area contributed by atoms with Gasteiger partial charge in [0.2, 0.25) is 0 Å². The summed E-state index contributed by atoms with van der Waals surface area (Å²) in [7, 11) is 0. The molecule has 0 amide bonds. The molecule has 0 fully saturated rings. The normalized spacial score (nSPS) is 14.5. The number of ether oxygens (including phenoxy) is 2. The third kappa shape index (κ3) is 27.5. The zero-order valence-corrected chi connectivity index (χ0v) is 30.0. The summed E-state index contributed by atoms with van der Waals surface area (Å²) in [6.45, 7) is 11.5. The Kier molecular flexibility index (Phi) is 30.9. The van der Waals surface area contributed by atoms with Crippen molar-refractivity contribution in [3.8, 4) is 0 Å². The minimum Gasteiger partial charge on any atom is -0.379 e. The van der Waals surface area contributed by atoms with Crippen molar-refractivity contribution in [1.82, 2.24) is 0 Å². The van der Waals surface area contributed by atoms with Gasteiger partial charge >= 0.3 is 0 Å². The van der Waals surface area contributed by atoms with Gasteiger partial charge in [0.05, 0.1) is 13.2 Å². The predicted molar refractivity (Wildman–Crippen MR) is 188 cm³/mol. The molecule has 0 aliphatic rings. The lowest BCUT2D eigenvalue weighted by molar-refractivity contribution is -0.112. The van der Waals surface area contributed by atoms with Crippen LogP contribution >= 0.6 is 25.3 Å². The Hall–Kier alpha value is -0.0400. The van der Waals surface area contributed by atoms with Crippen molar-refractivity contribution in [1.29, 1.82) is 0 Å². The summed E-state index contributed by atoms with van der Waals surface area (Å²) in [5.41, 5.74) is 0. The molecule has 0 rings (SSSR count). The first-order valence-corrected chi connectivity index (χ1v) is 18.8. The molecular weight excluding hydrogens is 561 g/mol. The molecule has 6 heteroatoms. The van der Waals surface area contributed by atoms with Crippen LogP contribution in [0.4, 0.5) is 0 Å². The maximum atomic E-state index is 11.9. The van der Waals surface area contributed by atoms with Crippen molar-refractivity contribution < 1.29 is 19.1 Å². The third-order valence-corrected chi connectivity index (χ3v) is 9.20. The second kappa shape index (κ2) is 31.0. The molecule has 0 heterocycles. The van der Waals surface area contributed by atoms with E-state index in [0.29, 0.717) is 62.9 Å². The van der Waals surface area contributed by atoms with Gasteiger partial charge in [-0.2, -0.15) is 0 Å². The SMILES string of the molecule is CCCCCCC(CCCC)CC(CCOCCOCCC(CC(=O)S)CC(CCCC)CCCCCC)CC(=O)S. The van der Waals surface area contributed by atoms with Gasteiger partial charge in [0.15, 0.2) is 10.2 Å². The second-order valence-corrected chi connectivity index (χ2v) is 13.9. The zero-order chi connectivity index (χ0) is 31.3. The van der Waals surface area contributed by atoms with E-state index in [1.54, 1.807) is 0 Å². The number of rotatable bonds is 33. The van der Waals surface area contributed by atoms with Crippen molar-refractivity contribution in [2.45, 2.75) is 169 Å². The summed E-state index contributed by atoms with van der Waals surface area (Å²) in [5, 5.41) is -0.00797. The fourth-order valence-corrected chi connectivity index (χ4v) is 6.85. The molecule has 0 N–H and O–H groups in total. The first-order valence-electron chi connectivity index (χ1n) is 17.9. The van der Waals surface area contributed by atoms with Crippen LogP contribution in [0, 0.1) is 23.7 Å². The van der Waals surface area contributed by atoms with Crippen LogP contribution in [0.1, 0.15) is 169 Å². The minimum atomic E-state index is -0.00398. The van der Waals surface area contributed by atoms with E-state index in [0.717, 1.165) is 25.7 Å². The molecule has 0 radical (unpaired) electrons. The number of thiol groups is 2. The number of carbonyl (C=O) groups excluding carboxylic acids is 2. The van der Waals surface area contributed by atoms with Crippen LogP contribution in [-0.2, 0) is 19.1 Å². The van der Waals surface area contributed by atoms with E-state index in [-0.39, 0.29) is 10.2 Å². The summed E-state index contributed by atoms with van der Waals surface area (Å²) in [5.74, 6) is 2.12. The number of hydrogen-bond donors (Lipinski definition) is 2. The molecule has 0 aromatic carbocycles. The Morgan fingerprint density at radius 2 is 0.810 bits per heavy atom. The number of hydrogen-bond acceptors (Lipinski definition) is 4. The van der Waals surface area contributed by atoms with Crippen molar-refractivity contribution >= 4 is 35.5 Å². The molecular formula is C36H70O4S2. The average molecular weight is 631 g/mol. The summed E-state index contributed by atoms with van der Waals surface area (Å²) in [6.07, 6.45) is 25.7. The van der Waals surface area contributed by atoms with E-state index < -0.39 is 0 Å². The highest BCUT2D eigenvalue weighted by molar-refractivity contribution is 7.96. The molecule has 4 unspecified atom stereocenters. The van der Waals surface area contributed by atoms with Gasteiger partial charge in [0, 0.05) is 26.1 Å². The molecule has 4 nitrogen and oxygen atoms in total. The molecule has 0 aromatic rings. The van der Waals surface area contributed by atoms with Crippen LogP contribution < -0.4 is 0 Å². The molecule has 4 atom stereocenters. The van der Waals surface area contributed by atoms with Crippen LogP contribution in [0.3, 0.4) is 0 Å². The molecule has 0 spiro atoms. The van der Waals surface area contributed by atoms with Gasteiger partial charge in [-0.15, -0.1) is 25.3 Å². The monoisotopic (exact) mass is 630 g/mol. The maximum absolute atomic E-state index is 11.9. The second-order valence-electron chi connectivity index (χ2n) is 12.9. The molecule has 0 aliphatic carbocycles. The van der Waals surface area contributed by atoms with E-state index in [1.807, 2.05) is 0 Å². The Morgan fingerprint density at radius 3 is 1.14 bits per heavy atom. The van der Waals surface area contributed by atoms with Gasteiger partial charge in [-0.3, -0.25) is 9.59 Å². The van der Waals surface area contributed by atoms with Crippen molar-refractivity contribution in [3.63, 3.8) is 0 Å². The highest BCUT2D eigenvalue weighted by Gasteiger charge is 2.20. The molecule has 250 valence electrons. The van der Waals surface area contributed by atoms with Crippen LogP contribution in [0.15, 0.2) is 0 Å². The standard InChI is InChI=1S/C36H70O4S2/c1-5-9-13-15-19-31(17-11-7-3)27-33(29-35(37)41)21-23-39-25-26-40-24-22-34(30-36(38)42)28-32(18-12-8-4)20-16-14-10-6-2/h31-34H,5-30H2,1-4H3,(H,37,41)(H,38,42). The highest BCUT2D eigenvalue weighted by Crippen LogP contribution is 2.30. The Morgan fingerprint density at radius 1 is 0.452 bits per heavy atom. The van der Waals surface area contributed by atoms with E-state index in [2.05, 4.69) is 53.0 Å². The number of unbranched alkanes of at least 4 members (excludes halogenated alkanes) is 8. The van der Waals surface area contributed by atoms with Crippen molar-refractivity contribution in [2.24, 2.45) is 23.7 Å². The van der Waals surface area contributed by atoms with E-state index >= 15 is 0 Å². The van der Waals surface area contributed by atoms with E-state index in [9.17, 15) is 9.59 Å². The fourth-order valence-electron chi connectivity index (χ4n) is 6.33. The lowest BCUT2D eigenvalue weighted by Crippen LogP contribution is -2.16. The fraction of sp³-hybridized carbons (Fsp3) is 0.944. The lowest BCUT2D eigenvalue weighted by atomic mass is 9.84. The molecule has 0 saturated heterocycles. The Labute approximate surface area is 272 Å². The Bertz CT molecular complexity index is 563. The summed E-state index contributed by atoms with van der Waals surface area (Å²) in [4.78, 5) is 23.7. The van der Waals surface area contributed by atoms with Crippen LogP contribution in [0.2, 0.25) is 0 Å². The predicted octanol–water partition coefficient (Wildman–Crippen LogP) is 11.1. The lowest BCUT2D eigenvalue weighted by Gasteiger charge is -2.23. The van der Waals surface area contributed by atoms with Crippen LogP contribution in [0.25, 0.3) is 0 Å². The summed E-state index contributed by atoms with van der Waals surface area (Å²) >= 11 is 8.21. The minimum absolute atomic E-state index is 0.00398. The van der Waals surface area contributed by atoms with Crippen LogP contribution in [-0.4, -0.2) is 36.7 Å². The van der Waals surface area contributed by atoms with Gasteiger partial charge in [-0.1, -0.05) is 130 Å². The molecule has 0 aliphatic heterocycles. The topological polar surface area (TPSA) is 52.6 Å². The van der Waals surface area contributed by atoms with Crippen molar-refractivity contribution in [2.75, 3.05) is 26.4 Å². The zero-order valence-electron chi connectivity index (χ0n) is 28.2. The van der Waals surface area contributed by atoms with Gasteiger partial charge in [0.1, 0.15) is 0 Å². The highest BCUT2D eigenvalue weighted by atomic mass is 32.1. The van der Waals surface area contributed by atoms with Crippen molar-refractivity contribution in [3.05, 3.63) is 0 Å². The number of carbonyl (C=O) groups is 2. The first kappa shape index (κ1) is 42.0. The third-order valence-electron chi connectivity index (χ3n) is 8.84. The van der Waals surface area contributed by atoms with Gasteiger partial charge in [-0.25, -0.2) is 0 Å². The maximum Gasteiger partial charge on any atom is 0.186 e.